The first-order valence-electron chi connectivity index (χ1n) is 8.77. The van der Waals surface area contributed by atoms with Crippen LogP contribution in [0, 0.1) is 11.8 Å². The lowest BCUT2D eigenvalue weighted by atomic mass is 9.88. The van der Waals surface area contributed by atoms with E-state index < -0.39 is 0 Å². The van der Waals surface area contributed by atoms with Gasteiger partial charge in [0.2, 0.25) is 11.8 Å². The van der Waals surface area contributed by atoms with Crippen LogP contribution in [0.5, 0.6) is 0 Å². The van der Waals surface area contributed by atoms with Crippen LogP contribution in [-0.4, -0.2) is 54.3 Å². The van der Waals surface area contributed by atoms with E-state index in [1.165, 1.54) is 32.1 Å². The lowest BCUT2D eigenvalue weighted by Crippen LogP contribution is -2.51. The maximum Gasteiger partial charge on any atom is 0.239 e. The van der Waals surface area contributed by atoms with Crippen molar-refractivity contribution in [2.75, 3.05) is 26.7 Å². The van der Waals surface area contributed by atoms with E-state index in [4.69, 9.17) is 5.73 Å². The van der Waals surface area contributed by atoms with E-state index >= 15 is 0 Å². The summed E-state index contributed by atoms with van der Waals surface area (Å²) in [5.74, 6) is 0.423. The van der Waals surface area contributed by atoms with E-state index in [0.717, 1.165) is 31.8 Å². The number of nitrogens with two attached hydrogens (primary N) is 1. The van der Waals surface area contributed by atoms with Gasteiger partial charge < -0.3 is 10.6 Å². The molecule has 2 fully saturated rings. The molecule has 2 amide bonds. The predicted molar refractivity (Wildman–Crippen MR) is 87.2 cm³/mol. The molecule has 2 N–H and O–H groups in total. The molecule has 0 aromatic rings. The second kappa shape index (κ2) is 7.95. The van der Waals surface area contributed by atoms with Gasteiger partial charge in [0.15, 0.2) is 0 Å². The monoisotopic (exact) mass is 309 g/mol. The van der Waals surface area contributed by atoms with Gasteiger partial charge in [0.25, 0.3) is 0 Å². The van der Waals surface area contributed by atoms with E-state index in [0.29, 0.717) is 6.54 Å². The number of amides is 2. The summed E-state index contributed by atoms with van der Waals surface area (Å²) in [4.78, 5) is 28.1. The summed E-state index contributed by atoms with van der Waals surface area (Å²) in [5, 5.41) is 0. The zero-order valence-electron chi connectivity index (χ0n) is 14.1. The Labute approximate surface area is 134 Å². The SMILES string of the molecule is C[C@@H](C(=O)N1CCC[C@H](C(N)=O)C1)N(C)CC1CCCCC1. The molecule has 0 bridgehead atoms. The van der Waals surface area contributed by atoms with Gasteiger partial charge in [0, 0.05) is 19.6 Å². The van der Waals surface area contributed by atoms with Crippen molar-refractivity contribution in [3.8, 4) is 0 Å². The summed E-state index contributed by atoms with van der Waals surface area (Å²) >= 11 is 0. The van der Waals surface area contributed by atoms with Crippen LogP contribution in [0.2, 0.25) is 0 Å². The normalized spacial score (nSPS) is 25.2. The maximum absolute atomic E-state index is 12.7. The molecule has 2 atom stereocenters. The maximum atomic E-state index is 12.7. The van der Waals surface area contributed by atoms with E-state index in [1.807, 2.05) is 18.9 Å². The summed E-state index contributed by atoms with van der Waals surface area (Å²) in [6, 6.07) is -0.117. The van der Waals surface area contributed by atoms with Gasteiger partial charge in [-0.3, -0.25) is 14.5 Å². The minimum atomic E-state index is -0.277. The summed E-state index contributed by atoms with van der Waals surface area (Å²) in [7, 11) is 2.05. The van der Waals surface area contributed by atoms with Gasteiger partial charge in [0.05, 0.1) is 12.0 Å². The lowest BCUT2D eigenvalue weighted by molar-refractivity contribution is -0.139. The summed E-state index contributed by atoms with van der Waals surface area (Å²) in [6.45, 7) is 4.24. The molecular formula is C17H31N3O2. The van der Waals surface area contributed by atoms with Crippen molar-refractivity contribution in [1.82, 2.24) is 9.80 Å². The molecule has 1 heterocycles. The molecule has 2 rings (SSSR count). The third-order valence-corrected chi connectivity index (χ3v) is 5.42. The average Bonchev–Trinajstić information content (AvgIpc) is 2.54. The fraction of sp³-hybridized carbons (Fsp3) is 0.882. The zero-order valence-corrected chi connectivity index (χ0v) is 14.1. The fourth-order valence-electron chi connectivity index (χ4n) is 3.80. The molecule has 1 saturated heterocycles. The first-order chi connectivity index (χ1) is 10.5. The van der Waals surface area contributed by atoms with Crippen molar-refractivity contribution >= 4 is 11.8 Å². The highest BCUT2D eigenvalue weighted by Crippen LogP contribution is 2.25. The molecule has 22 heavy (non-hydrogen) atoms. The smallest absolute Gasteiger partial charge is 0.239 e. The number of likely N-dealkylation sites (N-methyl/N-ethyl adjacent to an activating group) is 1. The van der Waals surface area contributed by atoms with Crippen LogP contribution >= 0.6 is 0 Å². The van der Waals surface area contributed by atoms with Gasteiger partial charge in [-0.1, -0.05) is 19.3 Å². The Kier molecular flexibility index (Phi) is 6.24. The van der Waals surface area contributed by atoms with Crippen LogP contribution in [0.4, 0.5) is 0 Å². The molecule has 0 spiro atoms. The second-order valence-electron chi connectivity index (χ2n) is 7.15. The van der Waals surface area contributed by atoms with E-state index in [9.17, 15) is 9.59 Å². The van der Waals surface area contributed by atoms with Crippen LogP contribution < -0.4 is 5.73 Å². The Morgan fingerprint density at radius 1 is 1.18 bits per heavy atom. The van der Waals surface area contributed by atoms with Crippen molar-refractivity contribution in [2.45, 2.75) is 57.9 Å². The van der Waals surface area contributed by atoms with Crippen molar-refractivity contribution in [3.05, 3.63) is 0 Å². The molecule has 126 valence electrons. The van der Waals surface area contributed by atoms with Crippen LogP contribution in [0.25, 0.3) is 0 Å². The van der Waals surface area contributed by atoms with Gasteiger partial charge >= 0.3 is 0 Å². The summed E-state index contributed by atoms with van der Waals surface area (Å²) in [6.07, 6.45) is 8.28. The summed E-state index contributed by atoms with van der Waals surface area (Å²) < 4.78 is 0. The molecule has 0 aromatic carbocycles. The predicted octanol–water partition coefficient (Wildman–Crippen LogP) is 1.61. The molecule has 1 aliphatic carbocycles. The lowest BCUT2D eigenvalue weighted by Gasteiger charge is -2.36. The Bertz CT molecular complexity index is 393. The summed E-state index contributed by atoms with van der Waals surface area (Å²) in [5.41, 5.74) is 5.40. The number of primary amides is 1. The van der Waals surface area contributed by atoms with Crippen LogP contribution in [0.1, 0.15) is 51.9 Å². The Balaban J connectivity index is 1.85. The molecule has 5 heteroatoms. The first-order valence-corrected chi connectivity index (χ1v) is 8.77. The first kappa shape index (κ1) is 17.3. The number of hydrogen-bond donors (Lipinski definition) is 1. The highest BCUT2D eigenvalue weighted by Gasteiger charge is 2.31. The molecule has 1 aliphatic heterocycles. The van der Waals surface area contributed by atoms with Crippen LogP contribution in [0.15, 0.2) is 0 Å². The van der Waals surface area contributed by atoms with Crippen LogP contribution in [-0.2, 0) is 9.59 Å². The Morgan fingerprint density at radius 2 is 1.86 bits per heavy atom. The fourth-order valence-corrected chi connectivity index (χ4v) is 3.80. The van der Waals surface area contributed by atoms with Crippen molar-refractivity contribution in [2.24, 2.45) is 17.6 Å². The minimum Gasteiger partial charge on any atom is -0.369 e. The van der Waals surface area contributed by atoms with Gasteiger partial charge in [-0.15, -0.1) is 0 Å². The van der Waals surface area contributed by atoms with Crippen molar-refractivity contribution in [1.29, 1.82) is 0 Å². The highest BCUT2D eigenvalue weighted by molar-refractivity contribution is 5.83. The zero-order chi connectivity index (χ0) is 16.1. The third kappa shape index (κ3) is 4.45. The molecule has 1 saturated carbocycles. The minimum absolute atomic E-state index is 0.117. The third-order valence-electron chi connectivity index (χ3n) is 5.42. The van der Waals surface area contributed by atoms with Crippen molar-refractivity contribution in [3.63, 3.8) is 0 Å². The number of piperidine rings is 1. The van der Waals surface area contributed by atoms with Crippen molar-refractivity contribution < 1.29 is 9.59 Å². The number of likely N-dealkylation sites (tertiary alicyclic amines) is 1. The van der Waals surface area contributed by atoms with Gasteiger partial charge in [-0.05, 0) is 45.6 Å². The average molecular weight is 309 g/mol. The molecular weight excluding hydrogens is 278 g/mol. The number of carbonyl (C=O) groups excluding carboxylic acids is 2. The number of carbonyl (C=O) groups is 2. The second-order valence-corrected chi connectivity index (χ2v) is 7.15. The molecule has 0 aromatic heterocycles. The number of hydrogen-bond acceptors (Lipinski definition) is 3. The van der Waals surface area contributed by atoms with E-state index in [1.54, 1.807) is 0 Å². The highest BCUT2D eigenvalue weighted by atomic mass is 16.2. The Hall–Kier alpha value is -1.10. The van der Waals surface area contributed by atoms with Gasteiger partial charge in [-0.2, -0.15) is 0 Å². The number of nitrogens with zero attached hydrogens (tertiary/aromatic N) is 2. The molecule has 5 nitrogen and oxygen atoms in total. The van der Waals surface area contributed by atoms with Gasteiger partial charge in [-0.25, -0.2) is 0 Å². The molecule has 0 unspecified atom stereocenters. The number of rotatable bonds is 5. The molecule has 0 radical (unpaired) electrons. The standard InChI is InChI=1S/C17H31N3O2/c1-13(19(2)11-14-7-4-3-5-8-14)17(22)20-10-6-9-15(12-20)16(18)21/h13-15H,3-12H2,1-2H3,(H2,18,21)/t13-,15-/m0/s1. The van der Waals surface area contributed by atoms with E-state index in [-0.39, 0.29) is 23.8 Å². The van der Waals surface area contributed by atoms with Gasteiger partial charge in [0.1, 0.15) is 0 Å². The van der Waals surface area contributed by atoms with Crippen LogP contribution in [0.3, 0.4) is 0 Å². The quantitative estimate of drug-likeness (QED) is 0.839. The molecule has 2 aliphatic rings. The van der Waals surface area contributed by atoms with E-state index in [2.05, 4.69) is 4.90 Å². The topological polar surface area (TPSA) is 66.6 Å². The Morgan fingerprint density at radius 3 is 2.50 bits per heavy atom. The largest absolute Gasteiger partial charge is 0.369 e.